The molecule has 0 unspecified atom stereocenters. The summed E-state index contributed by atoms with van der Waals surface area (Å²) in [6, 6.07) is 11.4. The van der Waals surface area contributed by atoms with Crippen LogP contribution in [0.15, 0.2) is 57.9 Å². The van der Waals surface area contributed by atoms with Crippen LogP contribution in [0, 0.1) is 5.82 Å². The number of anilines is 1. The minimum Gasteiger partial charge on any atom is -0.324 e. The van der Waals surface area contributed by atoms with Crippen molar-refractivity contribution in [3.63, 3.8) is 0 Å². The van der Waals surface area contributed by atoms with Gasteiger partial charge in [0.15, 0.2) is 0 Å². The Kier molecular flexibility index (Phi) is 5.51. The van der Waals surface area contributed by atoms with E-state index >= 15 is 0 Å². The molecule has 0 aliphatic rings. The van der Waals surface area contributed by atoms with Crippen LogP contribution in [0.3, 0.4) is 0 Å². The zero-order chi connectivity index (χ0) is 17.0. The molecule has 2 rings (SSSR count). The number of amides is 1. The van der Waals surface area contributed by atoms with Crippen molar-refractivity contribution in [2.75, 3.05) is 18.9 Å². The molecule has 23 heavy (non-hydrogen) atoms. The molecule has 2 aromatic rings. The van der Waals surface area contributed by atoms with E-state index in [1.807, 2.05) is 0 Å². The molecular formula is C15H14BrFN2O3S. The third kappa shape index (κ3) is 4.37. The fourth-order valence-corrected chi connectivity index (χ4v) is 3.34. The molecule has 0 atom stereocenters. The first-order chi connectivity index (χ1) is 10.8. The van der Waals surface area contributed by atoms with Crippen LogP contribution in [0.25, 0.3) is 0 Å². The molecule has 0 saturated carbocycles. The van der Waals surface area contributed by atoms with Gasteiger partial charge in [0.2, 0.25) is 15.9 Å². The number of hydrogen-bond donors (Lipinski definition) is 1. The van der Waals surface area contributed by atoms with E-state index in [1.165, 1.54) is 7.05 Å². The van der Waals surface area contributed by atoms with E-state index in [9.17, 15) is 17.6 Å². The largest absolute Gasteiger partial charge is 0.324 e. The van der Waals surface area contributed by atoms with Gasteiger partial charge in [-0.15, -0.1) is 0 Å². The monoisotopic (exact) mass is 400 g/mol. The van der Waals surface area contributed by atoms with Crippen molar-refractivity contribution < 1.29 is 17.6 Å². The molecule has 5 nitrogen and oxygen atoms in total. The van der Waals surface area contributed by atoms with E-state index < -0.39 is 21.7 Å². The first-order valence-corrected chi connectivity index (χ1v) is 8.80. The number of carbonyl (C=O) groups is 1. The van der Waals surface area contributed by atoms with Crippen molar-refractivity contribution in [1.82, 2.24) is 4.31 Å². The molecule has 0 aliphatic carbocycles. The van der Waals surface area contributed by atoms with E-state index in [0.29, 0.717) is 10.2 Å². The summed E-state index contributed by atoms with van der Waals surface area (Å²) < 4.78 is 39.1. The van der Waals surface area contributed by atoms with E-state index in [-0.39, 0.29) is 11.4 Å². The van der Waals surface area contributed by atoms with Gasteiger partial charge in [0.05, 0.1) is 17.1 Å². The summed E-state index contributed by atoms with van der Waals surface area (Å²) in [6.45, 7) is -0.360. The highest BCUT2D eigenvalue weighted by Gasteiger charge is 2.23. The number of nitrogens with zero attached hydrogens (tertiary/aromatic N) is 1. The van der Waals surface area contributed by atoms with Crippen LogP contribution < -0.4 is 5.32 Å². The Hall–Kier alpha value is -1.77. The molecule has 0 heterocycles. The second-order valence-corrected chi connectivity index (χ2v) is 7.64. The van der Waals surface area contributed by atoms with Gasteiger partial charge in [-0.2, -0.15) is 4.31 Å². The molecule has 8 heteroatoms. The number of carbonyl (C=O) groups excluding carboxylic acids is 1. The Bertz CT molecular complexity index is 810. The normalized spacial score (nSPS) is 11.5. The zero-order valence-electron chi connectivity index (χ0n) is 12.2. The lowest BCUT2D eigenvalue weighted by Crippen LogP contribution is -2.35. The quantitative estimate of drug-likeness (QED) is 0.838. The van der Waals surface area contributed by atoms with E-state index in [4.69, 9.17) is 0 Å². The lowest BCUT2D eigenvalue weighted by molar-refractivity contribution is -0.116. The minimum absolute atomic E-state index is 0.0740. The second kappa shape index (κ2) is 7.20. The van der Waals surface area contributed by atoms with Crippen LogP contribution in [0.2, 0.25) is 0 Å². The van der Waals surface area contributed by atoms with E-state index in [1.54, 1.807) is 24.3 Å². The van der Waals surface area contributed by atoms with Crippen LogP contribution in [-0.4, -0.2) is 32.2 Å². The average Bonchev–Trinajstić information content (AvgIpc) is 2.50. The highest BCUT2D eigenvalue weighted by Crippen LogP contribution is 2.21. The van der Waals surface area contributed by atoms with Crippen molar-refractivity contribution in [2.45, 2.75) is 4.90 Å². The number of benzene rings is 2. The number of rotatable bonds is 5. The van der Waals surface area contributed by atoms with Gasteiger partial charge in [-0.05, 0) is 52.3 Å². The minimum atomic E-state index is -3.86. The van der Waals surface area contributed by atoms with Gasteiger partial charge in [-0.1, -0.05) is 12.1 Å². The zero-order valence-corrected chi connectivity index (χ0v) is 14.6. The van der Waals surface area contributed by atoms with Gasteiger partial charge >= 0.3 is 0 Å². The highest BCUT2D eigenvalue weighted by atomic mass is 79.9. The Balaban J connectivity index is 2.08. The molecular weight excluding hydrogens is 387 g/mol. The molecule has 0 saturated heterocycles. The fraction of sp³-hybridized carbons (Fsp3) is 0.133. The summed E-state index contributed by atoms with van der Waals surface area (Å²) >= 11 is 3.29. The topological polar surface area (TPSA) is 66.5 Å². The summed E-state index contributed by atoms with van der Waals surface area (Å²) in [5.41, 5.74) is 0.546. The molecule has 1 N–H and O–H groups in total. The summed E-state index contributed by atoms with van der Waals surface area (Å²) in [5.74, 6) is -1.01. The van der Waals surface area contributed by atoms with Crippen molar-refractivity contribution >= 4 is 37.5 Å². The number of sulfonamides is 1. The Labute approximate surface area is 142 Å². The third-order valence-electron chi connectivity index (χ3n) is 3.04. The molecule has 0 spiro atoms. The van der Waals surface area contributed by atoms with Gasteiger partial charge in [0, 0.05) is 11.5 Å². The SMILES string of the molecule is CN(CC(=O)Nc1ccccc1Br)S(=O)(=O)c1ccc(F)cc1. The lowest BCUT2D eigenvalue weighted by atomic mass is 10.3. The predicted molar refractivity (Wildman–Crippen MR) is 89.0 cm³/mol. The Morgan fingerprint density at radius 2 is 1.78 bits per heavy atom. The van der Waals surface area contributed by atoms with Crippen molar-refractivity contribution in [2.24, 2.45) is 0 Å². The summed E-state index contributed by atoms with van der Waals surface area (Å²) in [7, 11) is -2.57. The van der Waals surface area contributed by atoms with E-state index in [2.05, 4.69) is 21.2 Å². The molecule has 0 aliphatic heterocycles. The number of nitrogens with one attached hydrogen (secondary N) is 1. The maximum Gasteiger partial charge on any atom is 0.243 e. The second-order valence-electron chi connectivity index (χ2n) is 4.74. The molecule has 0 bridgehead atoms. The summed E-state index contributed by atoms with van der Waals surface area (Å²) in [6.07, 6.45) is 0. The Morgan fingerprint density at radius 1 is 1.17 bits per heavy atom. The molecule has 0 fully saturated rings. The van der Waals surface area contributed by atoms with Gasteiger partial charge in [0.25, 0.3) is 0 Å². The number of halogens is 2. The van der Waals surface area contributed by atoms with Crippen LogP contribution in [-0.2, 0) is 14.8 Å². The molecule has 0 radical (unpaired) electrons. The first kappa shape index (κ1) is 17.6. The number of likely N-dealkylation sites (N-methyl/N-ethyl adjacent to an activating group) is 1. The smallest absolute Gasteiger partial charge is 0.243 e. The van der Waals surface area contributed by atoms with Gasteiger partial charge in [-0.3, -0.25) is 4.79 Å². The standard InChI is InChI=1S/C15H14BrFN2O3S/c1-19(23(21,22)12-8-6-11(17)7-9-12)10-15(20)18-14-5-3-2-4-13(14)16/h2-9H,10H2,1H3,(H,18,20). The van der Waals surface area contributed by atoms with Crippen LogP contribution in [0.4, 0.5) is 10.1 Å². The van der Waals surface area contributed by atoms with Gasteiger partial charge in [-0.25, -0.2) is 12.8 Å². The van der Waals surface area contributed by atoms with Crippen LogP contribution in [0.5, 0.6) is 0 Å². The van der Waals surface area contributed by atoms with Crippen molar-refractivity contribution in [1.29, 1.82) is 0 Å². The number of para-hydroxylation sites is 1. The third-order valence-corrected chi connectivity index (χ3v) is 5.55. The first-order valence-electron chi connectivity index (χ1n) is 6.57. The maximum atomic E-state index is 12.9. The summed E-state index contributed by atoms with van der Waals surface area (Å²) in [5, 5.41) is 2.62. The average molecular weight is 401 g/mol. The van der Waals surface area contributed by atoms with Gasteiger partial charge in [0.1, 0.15) is 5.82 Å². The predicted octanol–water partition coefficient (Wildman–Crippen LogP) is 2.85. The fourth-order valence-electron chi connectivity index (χ4n) is 1.83. The lowest BCUT2D eigenvalue weighted by Gasteiger charge is -2.17. The molecule has 1 amide bonds. The summed E-state index contributed by atoms with van der Waals surface area (Å²) in [4.78, 5) is 11.9. The highest BCUT2D eigenvalue weighted by molar-refractivity contribution is 9.10. The molecule has 2 aromatic carbocycles. The molecule has 122 valence electrons. The van der Waals surface area contributed by atoms with E-state index in [0.717, 1.165) is 28.6 Å². The molecule has 0 aromatic heterocycles. The van der Waals surface area contributed by atoms with Gasteiger partial charge < -0.3 is 5.32 Å². The maximum absolute atomic E-state index is 12.9. The van der Waals surface area contributed by atoms with Crippen LogP contribution in [0.1, 0.15) is 0 Å². The van der Waals surface area contributed by atoms with Crippen LogP contribution >= 0.6 is 15.9 Å². The van der Waals surface area contributed by atoms with Crippen molar-refractivity contribution in [3.05, 3.63) is 58.8 Å². The Morgan fingerprint density at radius 3 is 2.39 bits per heavy atom. The number of hydrogen-bond acceptors (Lipinski definition) is 3. The van der Waals surface area contributed by atoms with Crippen molar-refractivity contribution in [3.8, 4) is 0 Å².